The Morgan fingerprint density at radius 2 is 1.87 bits per heavy atom. The molecule has 12 heteroatoms. The van der Waals surface area contributed by atoms with Gasteiger partial charge in [0.15, 0.2) is 4.34 Å². The second-order valence-electron chi connectivity index (χ2n) is 8.42. The predicted molar refractivity (Wildman–Crippen MR) is 148 cm³/mol. The summed E-state index contributed by atoms with van der Waals surface area (Å²) in [6, 6.07) is 15.7. The Labute approximate surface area is 230 Å². The van der Waals surface area contributed by atoms with E-state index >= 15 is 0 Å². The molecule has 1 aromatic heterocycles. The monoisotopic (exact) mass is 560 g/mol. The van der Waals surface area contributed by atoms with Crippen LogP contribution in [0, 0.1) is 17.0 Å². The van der Waals surface area contributed by atoms with E-state index < -0.39 is 22.8 Å². The van der Waals surface area contributed by atoms with E-state index in [0.717, 1.165) is 38.2 Å². The van der Waals surface area contributed by atoms with E-state index in [-0.39, 0.29) is 16.8 Å². The quantitative estimate of drug-likeness (QED) is 0.131. The lowest BCUT2D eigenvalue weighted by Gasteiger charge is -2.26. The Morgan fingerprint density at radius 3 is 2.59 bits per heavy atom. The molecular weight excluding hydrogens is 540 g/mol. The lowest BCUT2D eigenvalue weighted by Crippen LogP contribution is -2.54. The maximum absolute atomic E-state index is 13.1. The predicted octanol–water partition coefficient (Wildman–Crippen LogP) is 5.73. The number of rotatable bonds is 7. The molecule has 196 valence electrons. The molecule has 39 heavy (non-hydrogen) atoms. The van der Waals surface area contributed by atoms with Crippen molar-refractivity contribution in [3.05, 3.63) is 87.5 Å². The largest absolute Gasteiger partial charge is 0.494 e. The number of carbonyl (C=O) groups is 3. The molecule has 0 spiro atoms. The third-order valence-corrected chi connectivity index (χ3v) is 7.88. The average molecular weight is 561 g/mol. The highest BCUT2D eigenvalue weighted by molar-refractivity contribution is 8.01. The number of aromatic nitrogens is 1. The molecule has 0 saturated carbocycles. The molecular formula is C27H20N4O6S2. The SMILES string of the molecule is CCOc1ccc2nc(Sc3ccc(/C=C4\C(=O)NC(=O)N(c5ccc(C)cc5)C4=O)cc3[N+](=O)[O-])sc2c1. The van der Waals surface area contributed by atoms with Crippen molar-refractivity contribution in [1.29, 1.82) is 0 Å². The van der Waals surface area contributed by atoms with Crippen LogP contribution in [-0.4, -0.2) is 34.4 Å². The highest BCUT2D eigenvalue weighted by Crippen LogP contribution is 2.40. The zero-order valence-corrected chi connectivity index (χ0v) is 22.3. The Bertz CT molecular complexity index is 1680. The summed E-state index contributed by atoms with van der Waals surface area (Å²) in [7, 11) is 0. The topological polar surface area (TPSA) is 132 Å². The number of nitro groups is 1. The number of nitrogens with zero attached hydrogens (tertiary/aromatic N) is 3. The fourth-order valence-electron chi connectivity index (χ4n) is 3.88. The summed E-state index contributed by atoms with van der Waals surface area (Å²) in [4.78, 5) is 55.2. The average Bonchev–Trinajstić information content (AvgIpc) is 3.30. The van der Waals surface area contributed by atoms with Crippen molar-refractivity contribution < 1.29 is 24.0 Å². The first-order valence-corrected chi connectivity index (χ1v) is 13.3. The number of hydrogen-bond donors (Lipinski definition) is 1. The van der Waals surface area contributed by atoms with Gasteiger partial charge in [-0.2, -0.15) is 0 Å². The van der Waals surface area contributed by atoms with Crippen molar-refractivity contribution in [3.63, 3.8) is 0 Å². The molecule has 4 amide bonds. The smallest absolute Gasteiger partial charge is 0.335 e. The van der Waals surface area contributed by atoms with Crippen LogP contribution in [0.5, 0.6) is 5.75 Å². The third kappa shape index (κ3) is 5.38. The van der Waals surface area contributed by atoms with Gasteiger partial charge in [-0.05, 0) is 61.9 Å². The number of fused-ring (bicyclic) bond motifs is 1. The summed E-state index contributed by atoms with van der Waals surface area (Å²) in [5, 5.41) is 14.1. The zero-order chi connectivity index (χ0) is 27.7. The first-order valence-electron chi connectivity index (χ1n) is 11.7. The Balaban J connectivity index is 1.45. The molecule has 0 radical (unpaired) electrons. The second kappa shape index (κ2) is 10.7. The van der Waals surface area contributed by atoms with Crippen LogP contribution in [0.2, 0.25) is 0 Å². The van der Waals surface area contributed by atoms with Gasteiger partial charge in [0, 0.05) is 6.07 Å². The highest BCUT2D eigenvalue weighted by atomic mass is 32.2. The maximum atomic E-state index is 13.1. The zero-order valence-electron chi connectivity index (χ0n) is 20.7. The minimum absolute atomic E-state index is 0.209. The van der Waals surface area contributed by atoms with Gasteiger partial charge in [0.2, 0.25) is 0 Å². The van der Waals surface area contributed by atoms with Crippen LogP contribution in [0.1, 0.15) is 18.1 Å². The summed E-state index contributed by atoms with van der Waals surface area (Å²) in [5.41, 5.74) is 1.71. The van der Waals surface area contributed by atoms with Crippen LogP contribution in [0.4, 0.5) is 16.2 Å². The van der Waals surface area contributed by atoms with Crippen molar-refractivity contribution in [3.8, 4) is 5.75 Å². The molecule has 1 saturated heterocycles. The van der Waals surface area contributed by atoms with E-state index in [1.165, 1.54) is 23.5 Å². The summed E-state index contributed by atoms with van der Waals surface area (Å²) in [5.74, 6) is -0.984. The highest BCUT2D eigenvalue weighted by Gasteiger charge is 2.37. The fraction of sp³-hybridized carbons (Fsp3) is 0.111. The molecule has 0 unspecified atom stereocenters. The normalized spacial score (nSPS) is 14.7. The molecule has 0 atom stereocenters. The van der Waals surface area contributed by atoms with E-state index in [4.69, 9.17) is 4.74 Å². The van der Waals surface area contributed by atoms with Crippen molar-refractivity contribution in [2.24, 2.45) is 0 Å². The van der Waals surface area contributed by atoms with Crippen LogP contribution in [0.15, 0.2) is 75.5 Å². The van der Waals surface area contributed by atoms with Crippen LogP contribution < -0.4 is 15.0 Å². The number of nitrogens with one attached hydrogen (secondary N) is 1. The van der Waals surface area contributed by atoms with E-state index in [9.17, 15) is 24.5 Å². The number of nitro benzene ring substituents is 1. The molecule has 1 aliphatic rings. The molecule has 1 fully saturated rings. The Morgan fingerprint density at radius 1 is 1.10 bits per heavy atom. The van der Waals surface area contributed by atoms with Gasteiger partial charge in [-0.15, -0.1) is 11.3 Å². The van der Waals surface area contributed by atoms with Gasteiger partial charge in [-0.25, -0.2) is 14.7 Å². The lowest BCUT2D eigenvalue weighted by molar-refractivity contribution is -0.387. The molecule has 0 bridgehead atoms. The van der Waals surface area contributed by atoms with Gasteiger partial charge in [0.1, 0.15) is 11.3 Å². The number of benzene rings is 3. The van der Waals surface area contributed by atoms with Gasteiger partial charge in [-0.3, -0.25) is 25.0 Å². The van der Waals surface area contributed by atoms with Crippen molar-refractivity contribution in [2.45, 2.75) is 23.1 Å². The Hall–Kier alpha value is -4.55. The lowest BCUT2D eigenvalue weighted by atomic mass is 10.1. The second-order valence-corrected chi connectivity index (χ2v) is 10.7. The number of carbonyl (C=O) groups excluding carboxylic acids is 3. The van der Waals surface area contributed by atoms with Crippen molar-refractivity contribution >= 4 is 68.6 Å². The fourth-order valence-corrected chi connectivity index (χ4v) is 6.02. The third-order valence-electron chi connectivity index (χ3n) is 5.73. The minimum atomic E-state index is -0.879. The van der Waals surface area contributed by atoms with E-state index in [1.807, 2.05) is 32.0 Å². The molecule has 1 N–H and O–H groups in total. The standard InChI is InChI=1S/C27H20N4O6S2/c1-3-37-18-9-10-20-23(14-18)39-27(28-20)38-22-11-6-16(13-21(22)31(35)36)12-19-24(32)29-26(34)30(25(19)33)17-7-4-15(2)5-8-17/h4-14H,3H2,1-2H3,(H,29,32,34)/b19-12+. The summed E-state index contributed by atoms with van der Waals surface area (Å²) in [6.07, 6.45) is 1.24. The van der Waals surface area contributed by atoms with Gasteiger partial charge in [-0.1, -0.05) is 35.5 Å². The first kappa shape index (κ1) is 26.1. The number of thiazole rings is 1. The summed E-state index contributed by atoms with van der Waals surface area (Å²) in [6.45, 7) is 4.29. The number of barbiturate groups is 1. The number of imide groups is 2. The number of aryl methyl sites for hydroxylation is 1. The number of ether oxygens (including phenoxy) is 1. The molecule has 1 aliphatic heterocycles. The molecule has 0 aliphatic carbocycles. The van der Waals surface area contributed by atoms with Crippen molar-refractivity contribution in [1.82, 2.24) is 10.3 Å². The molecule has 4 aromatic rings. The Kier molecular flexibility index (Phi) is 7.13. The number of urea groups is 1. The number of hydrogen-bond acceptors (Lipinski definition) is 9. The number of amides is 4. The molecule has 2 heterocycles. The van der Waals surface area contributed by atoms with Gasteiger partial charge >= 0.3 is 6.03 Å². The van der Waals surface area contributed by atoms with Gasteiger partial charge in [0.05, 0.1) is 32.3 Å². The van der Waals surface area contributed by atoms with Crippen LogP contribution >= 0.6 is 23.1 Å². The van der Waals surface area contributed by atoms with E-state index in [1.54, 1.807) is 36.4 Å². The minimum Gasteiger partial charge on any atom is -0.494 e. The number of anilines is 1. The van der Waals surface area contributed by atoms with Crippen LogP contribution in [-0.2, 0) is 9.59 Å². The van der Waals surface area contributed by atoms with E-state index in [2.05, 4.69) is 10.3 Å². The molecule has 3 aromatic carbocycles. The van der Waals surface area contributed by atoms with Crippen LogP contribution in [0.3, 0.4) is 0 Å². The van der Waals surface area contributed by atoms with Crippen molar-refractivity contribution in [2.75, 3.05) is 11.5 Å². The van der Waals surface area contributed by atoms with Gasteiger partial charge in [0.25, 0.3) is 17.5 Å². The van der Waals surface area contributed by atoms with Crippen LogP contribution in [0.25, 0.3) is 16.3 Å². The summed E-state index contributed by atoms with van der Waals surface area (Å²) < 4.78 is 7.03. The van der Waals surface area contributed by atoms with Gasteiger partial charge < -0.3 is 4.74 Å². The molecule has 5 rings (SSSR count). The maximum Gasteiger partial charge on any atom is 0.335 e. The summed E-state index contributed by atoms with van der Waals surface area (Å²) >= 11 is 2.53. The molecule has 10 nitrogen and oxygen atoms in total. The van der Waals surface area contributed by atoms with E-state index in [0.29, 0.717) is 21.5 Å². The first-order chi connectivity index (χ1) is 18.7.